The third-order valence-electron chi connectivity index (χ3n) is 5.51. The van der Waals surface area contributed by atoms with Gasteiger partial charge < -0.3 is 10.0 Å². The van der Waals surface area contributed by atoms with E-state index in [1.807, 2.05) is 50.2 Å². The molecule has 1 atom stereocenters. The molecule has 0 bridgehead atoms. The number of ketones is 1. The number of carbonyl (C=O) groups is 2. The molecule has 1 fully saturated rings. The number of aryl methyl sites for hydroxylation is 2. The highest BCUT2D eigenvalue weighted by atomic mass is 16.3. The van der Waals surface area contributed by atoms with Gasteiger partial charge in [-0.3, -0.25) is 9.59 Å². The summed E-state index contributed by atoms with van der Waals surface area (Å²) in [4.78, 5) is 27.4. The number of carbonyl (C=O) groups excluding carboxylic acids is 2. The van der Waals surface area contributed by atoms with Crippen LogP contribution in [-0.4, -0.2) is 28.2 Å². The van der Waals surface area contributed by atoms with Gasteiger partial charge >= 0.3 is 0 Å². The van der Waals surface area contributed by atoms with Gasteiger partial charge in [0.2, 0.25) is 0 Å². The van der Waals surface area contributed by atoms with E-state index in [1.165, 1.54) is 0 Å². The Balaban J connectivity index is 2.05. The highest BCUT2D eigenvalue weighted by Gasteiger charge is 2.45. The molecule has 0 spiro atoms. The fourth-order valence-corrected chi connectivity index (χ4v) is 3.78. The highest BCUT2D eigenvalue weighted by Crippen LogP contribution is 2.39. The zero-order valence-electron chi connectivity index (χ0n) is 17.4. The van der Waals surface area contributed by atoms with E-state index in [4.69, 9.17) is 0 Å². The second-order valence-corrected chi connectivity index (χ2v) is 7.83. The Morgan fingerprint density at radius 3 is 2.07 bits per heavy atom. The average molecular weight is 392 g/mol. The number of nitrogens with zero attached hydrogens (tertiary/aromatic N) is 1. The van der Waals surface area contributed by atoms with Crippen molar-refractivity contribution in [3.8, 4) is 0 Å². The summed E-state index contributed by atoms with van der Waals surface area (Å²) in [6, 6.07) is 14.6. The number of aliphatic hydroxyl groups excluding tert-OH is 1. The second kappa shape index (κ2) is 9.08. The second-order valence-electron chi connectivity index (χ2n) is 7.83. The van der Waals surface area contributed by atoms with Crippen molar-refractivity contribution in [3.05, 3.63) is 76.4 Å². The van der Waals surface area contributed by atoms with E-state index in [2.05, 4.69) is 6.92 Å². The Hall–Kier alpha value is -2.88. The fraction of sp³-hybridized carbons (Fsp3) is 0.360. The first-order valence-electron chi connectivity index (χ1n) is 10.4. The van der Waals surface area contributed by atoms with Crippen LogP contribution in [0.15, 0.2) is 54.1 Å². The van der Waals surface area contributed by atoms with Gasteiger partial charge in [-0.1, -0.05) is 85.8 Å². The van der Waals surface area contributed by atoms with Crippen LogP contribution in [0.5, 0.6) is 0 Å². The van der Waals surface area contributed by atoms with Crippen LogP contribution in [0, 0.1) is 13.8 Å². The molecule has 1 heterocycles. The molecule has 4 heteroatoms. The first-order chi connectivity index (χ1) is 13.9. The molecule has 0 saturated carbocycles. The first-order valence-corrected chi connectivity index (χ1v) is 10.4. The van der Waals surface area contributed by atoms with Crippen LogP contribution >= 0.6 is 0 Å². The molecule has 0 unspecified atom stereocenters. The summed E-state index contributed by atoms with van der Waals surface area (Å²) in [7, 11) is 0. The number of likely N-dealkylation sites (tertiary alicyclic amines) is 1. The summed E-state index contributed by atoms with van der Waals surface area (Å²) in [5.74, 6) is -1.24. The van der Waals surface area contributed by atoms with Crippen LogP contribution in [0.3, 0.4) is 0 Å². The minimum Gasteiger partial charge on any atom is -0.507 e. The van der Waals surface area contributed by atoms with Crippen molar-refractivity contribution in [2.24, 2.45) is 0 Å². The third-order valence-corrected chi connectivity index (χ3v) is 5.51. The Morgan fingerprint density at radius 2 is 1.48 bits per heavy atom. The Labute approximate surface area is 172 Å². The van der Waals surface area contributed by atoms with Crippen molar-refractivity contribution in [2.75, 3.05) is 6.54 Å². The molecule has 2 aromatic rings. The smallest absolute Gasteiger partial charge is 0.295 e. The molecule has 2 aromatic carbocycles. The molecule has 4 nitrogen and oxygen atoms in total. The zero-order chi connectivity index (χ0) is 21.0. The highest BCUT2D eigenvalue weighted by molar-refractivity contribution is 6.46. The van der Waals surface area contributed by atoms with Crippen LogP contribution in [0.2, 0.25) is 0 Å². The van der Waals surface area contributed by atoms with E-state index in [0.29, 0.717) is 12.1 Å². The monoisotopic (exact) mass is 391 g/mol. The summed E-state index contributed by atoms with van der Waals surface area (Å²) >= 11 is 0. The molecule has 3 rings (SSSR count). The predicted molar refractivity (Wildman–Crippen MR) is 116 cm³/mol. The number of Topliss-reactive ketones (excluding diaryl/α,β-unsaturated/α-hetero) is 1. The van der Waals surface area contributed by atoms with Gasteiger partial charge in [-0.2, -0.15) is 0 Å². The maximum absolute atomic E-state index is 12.9. The van der Waals surface area contributed by atoms with Crippen molar-refractivity contribution in [1.82, 2.24) is 4.90 Å². The lowest BCUT2D eigenvalue weighted by molar-refractivity contribution is -0.139. The van der Waals surface area contributed by atoms with Crippen molar-refractivity contribution < 1.29 is 14.7 Å². The molecule has 0 aromatic heterocycles. The number of rotatable bonds is 7. The minimum absolute atomic E-state index is 0.106. The normalized spacial score (nSPS) is 18.4. The summed E-state index contributed by atoms with van der Waals surface area (Å²) < 4.78 is 0. The van der Waals surface area contributed by atoms with Crippen LogP contribution in [0.1, 0.15) is 60.9 Å². The first kappa shape index (κ1) is 20.8. The van der Waals surface area contributed by atoms with Crippen molar-refractivity contribution in [1.29, 1.82) is 0 Å². The number of aliphatic hydroxyl groups is 1. The van der Waals surface area contributed by atoms with E-state index in [-0.39, 0.29) is 11.3 Å². The number of benzene rings is 2. The van der Waals surface area contributed by atoms with Gasteiger partial charge in [-0.15, -0.1) is 0 Å². The molecule has 1 saturated heterocycles. The lowest BCUT2D eigenvalue weighted by Crippen LogP contribution is -2.30. The number of amides is 1. The van der Waals surface area contributed by atoms with Gasteiger partial charge in [0.1, 0.15) is 5.76 Å². The van der Waals surface area contributed by atoms with Crippen molar-refractivity contribution >= 4 is 17.4 Å². The topological polar surface area (TPSA) is 57.6 Å². The molecule has 1 N–H and O–H groups in total. The Morgan fingerprint density at radius 1 is 0.897 bits per heavy atom. The number of hydrogen-bond acceptors (Lipinski definition) is 3. The maximum Gasteiger partial charge on any atom is 0.295 e. The van der Waals surface area contributed by atoms with E-state index >= 15 is 0 Å². The van der Waals surface area contributed by atoms with Gasteiger partial charge in [0.05, 0.1) is 11.6 Å². The lowest BCUT2D eigenvalue weighted by Gasteiger charge is -2.25. The summed E-state index contributed by atoms with van der Waals surface area (Å²) in [5.41, 5.74) is 3.74. The molecule has 0 aliphatic carbocycles. The maximum atomic E-state index is 12.9. The molecule has 0 radical (unpaired) electrons. The molecular weight excluding hydrogens is 362 g/mol. The average Bonchev–Trinajstić information content (AvgIpc) is 2.96. The number of hydrogen-bond donors (Lipinski definition) is 1. The summed E-state index contributed by atoms with van der Waals surface area (Å²) in [6.07, 6.45) is 4.06. The van der Waals surface area contributed by atoms with Gasteiger partial charge in [0.15, 0.2) is 0 Å². The van der Waals surface area contributed by atoms with Crippen LogP contribution in [-0.2, 0) is 9.59 Å². The quantitative estimate of drug-likeness (QED) is 0.301. The largest absolute Gasteiger partial charge is 0.507 e. The standard InChI is InChI=1S/C25H29NO3/c1-4-5-6-7-16-26-22(19-12-8-17(2)9-13-19)21(24(28)25(26)29)23(27)20-14-10-18(3)11-15-20/h8-15,22,27H,4-7,16H2,1-3H3/t22-/m0/s1. The summed E-state index contributed by atoms with van der Waals surface area (Å²) in [6.45, 7) is 6.61. The SMILES string of the molecule is CCCCCCN1C(=O)C(=O)C(=C(O)c2ccc(C)cc2)[C@@H]1c1ccc(C)cc1. The van der Waals surface area contributed by atoms with Crippen molar-refractivity contribution in [2.45, 2.75) is 52.5 Å². The van der Waals surface area contributed by atoms with E-state index in [1.54, 1.807) is 17.0 Å². The van der Waals surface area contributed by atoms with E-state index < -0.39 is 17.7 Å². The van der Waals surface area contributed by atoms with Crippen molar-refractivity contribution in [3.63, 3.8) is 0 Å². The summed E-state index contributed by atoms with van der Waals surface area (Å²) in [5, 5.41) is 11.0. The van der Waals surface area contributed by atoms with Gasteiger partial charge in [0.25, 0.3) is 11.7 Å². The third kappa shape index (κ3) is 4.42. The van der Waals surface area contributed by atoms with Crippen LogP contribution in [0.4, 0.5) is 0 Å². The molecule has 152 valence electrons. The zero-order valence-corrected chi connectivity index (χ0v) is 17.4. The van der Waals surface area contributed by atoms with E-state index in [0.717, 1.165) is 42.4 Å². The molecule has 1 aliphatic heterocycles. The Kier molecular flexibility index (Phi) is 6.53. The van der Waals surface area contributed by atoms with Gasteiger partial charge in [-0.25, -0.2) is 0 Å². The fourth-order valence-electron chi connectivity index (χ4n) is 3.78. The van der Waals surface area contributed by atoms with Crippen LogP contribution in [0.25, 0.3) is 5.76 Å². The van der Waals surface area contributed by atoms with Gasteiger partial charge in [0, 0.05) is 12.1 Å². The minimum atomic E-state index is -0.607. The predicted octanol–water partition coefficient (Wildman–Crippen LogP) is 5.31. The Bertz CT molecular complexity index is 910. The molecule has 1 amide bonds. The van der Waals surface area contributed by atoms with E-state index in [9.17, 15) is 14.7 Å². The molecule has 29 heavy (non-hydrogen) atoms. The van der Waals surface area contributed by atoms with Crippen LogP contribution < -0.4 is 0 Å². The molecule has 1 aliphatic rings. The molecular formula is C25H29NO3. The van der Waals surface area contributed by atoms with Gasteiger partial charge in [-0.05, 0) is 25.8 Å². The number of unbranched alkanes of at least 4 members (excludes halogenated alkanes) is 3. The lowest BCUT2D eigenvalue weighted by atomic mass is 9.94.